The lowest BCUT2D eigenvalue weighted by atomic mass is 10.1. The Morgan fingerprint density at radius 1 is 1.16 bits per heavy atom. The molecule has 1 aromatic rings. The van der Waals surface area contributed by atoms with Crippen molar-refractivity contribution in [2.75, 3.05) is 5.73 Å². The number of hydrogen-bond donors (Lipinski definition) is 2. The SMILES string of the molecule is Nc1c(F)cc(C(=O)NC(C2CC2)C2CC2)cc1F. The van der Waals surface area contributed by atoms with Crippen molar-refractivity contribution in [2.45, 2.75) is 31.7 Å². The molecule has 3 N–H and O–H groups in total. The molecule has 0 spiro atoms. The fourth-order valence-corrected chi connectivity index (χ4v) is 2.48. The zero-order valence-electron chi connectivity index (χ0n) is 10.5. The van der Waals surface area contributed by atoms with E-state index in [0.29, 0.717) is 11.8 Å². The molecule has 0 atom stereocenters. The van der Waals surface area contributed by atoms with Crippen LogP contribution < -0.4 is 11.1 Å². The van der Waals surface area contributed by atoms with Crippen LogP contribution in [-0.2, 0) is 0 Å². The summed E-state index contributed by atoms with van der Waals surface area (Å²) in [6, 6.07) is 2.14. The van der Waals surface area contributed by atoms with Crippen LogP contribution in [0.2, 0.25) is 0 Å². The highest BCUT2D eigenvalue weighted by Crippen LogP contribution is 2.44. The number of halogens is 2. The van der Waals surface area contributed by atoms with Crippen LogP contribution in [0.3, 0.4) is 0 Å². The molecule has 1 amide bonds. The number of hydrogen-bond acceptors (Lipinski definition) is 2. The minimum absolute atomic E-state index is 0.00417. The Bertz CT molecular complexity index is 489. The van der Waals surface area contributed by atoms with Crippen molar-refractivity contribution in [3.8, 4) is 0 Å². The van der Waals surface area contributed by atoms with Crippen molar-refractivity contribution in [2.24, 2.45) is 11.8 Å². The molecule has 0 heterocycles. The summed E-state index contributed by atoms with van der Waals surface area (Å²) < 4.78 is 26.7. The molecule has 2 fully saturated rings. The van der Waals surface area contributed by atoms with Gasteiger partial charge in [-0.3, -0.25) is 4.79 Å². The van der Waals surface area contributed by atoms with E-state index in [1.54, 1.807) is 0 Å². The van der Waals surface area contributed by atoms with Crippen molar-refractivity contribution in [1.29, 1.82) is 0 Å². The molecule has 3 nitrogen and oxygen atoms in total. The van der Waals surface area contributed by atoms with E-state index in [1.165, 1.54) is 0 Å². The minimum Gasteiger partial charge on any atom is -0.394 e. The first-order valence-corrected chi connectivity index (χ1v) is 6.61. The highest BCUT2D eigenvalue weighted by Gasteiger charge is 2.42. The summed E-state index contributed by atoms with van der Waals surface area (Å²) in [5.41, 5.74) is 4.64. The Labute approximate surface area is 110 Å². The number of nitrogens with two attached hydrogens (primary N) is 1. The predicted molar refractivity (Wildman–Crippen MR) is 67.5 cm³/mol. The lowest BCUT2D eigenvalue weighted by Gasteiger charge is -2.17. The number of nitrogen functional groups attached to an aromatic ring is 1. The van der Waals surface area contributed by atoms with Crippen molar-refractivity contribution < 1.29 is 13.6 Å². The van der Waals surface area contributed by atoms with Gasteiger partial charge >= 0.3 is 0 Å². The van der Waals surface area contributed by atoms with Crippen LogP contribution in [0.4, 0.5) is 14.5 Å². The Kier molecular flexibility index (Phi) is 2.92. The number of nitrogens with one attached hydrogen (secondary N) is 1. The molecule has 2 saturated carbocycles. The van der Waals surface area contributed by atoms with Crippen LogP contribution in [0, 0.1) is 23.5 Å². The van der Waals surface area contributed by atoms with Crippen molar-refractivity contribution in [3.63, 3.8) is 0 Å². The van der Waals surface area contributed by atoms with Gasteiger partial charge in [-0.2, -0.15) is 0 Å². The van der Waals surface area contributed by atoms with Gasteiger partial charge in [-0.05, 0) is 49.7 Å². The fraction of sp³-hybridized carbons (Fsp3) is 0.500. The Morgan fingerprint density at radius 3 is 2.05 bits per heavy atom. The van der Waals surface area contributed by atoms with Gasteiger partial charge < -0.3 is 11.1 Å². The third-order valence-electron chi connectivity index (χ3n) is 3.90. The molecule has 0 aliphatic heterocycles. The summed E-state index contributed by atoms with van der Waals surface area (Å²) in [7, 11) is 0. The maximum absolute atomic E-state index is 13.3. The highest BCUT2D eigenvalue weighted by atomic mass is 19.1. The molecule has 0 radical (unpaired) electrons. The van der Waals surface area contributed by atoms with E-state index in [0.717, 1.165) is 37.8 Å². The van der Waals surface area contributed by atoms with Crippen LogP contribution in [-0.4, -0.2) is 11.9 Å². The maximum atomic E-state index is 13.3. The molecule has 2 aliphatic carbocycles. The number of carbonyl (C=O) groups excluding carboxylic acids is 1. The van der Waals surface area contributed by atoms with Crippen LogP contribution in [0.1, 0.15) is 36.0 Å². The first-order chi connectivity index (χ1) is 9.06. The second kappa shape index (κ2) is 4.47. The van der Waals surface area contributed by atoms with Gasteiger partial charge in [0.25, 0.3) is 5.91 Å². The summed E-state index contributed by atoms with van der Waals surface area (Å²) in [4.78, 5) is 12.1. The number of anilines is 1. The van der Waals surface area contributed by atoms with Crippen LogP contribution in [0.25, 0.3) is 0 Å². The molecule has 0 bridgehead atoms. The number of carbonyl (C=O) groups is 1. The summed E-state index contributed by atoms with van der Waals surface area (Å²) in [6.07, 6.45) is 4.52. The van der Waals surface area contributed by atoms with Gasteiger partial charge in [-0.1, -0.05) is 0 Å². The Morgan fingerprint density at radius 2 is 1.63 bits per heavy atom. The van der Waals surface area contributed by atoms with Gasteiger partial charge in [0.1, 0.15) is 17.3 Å². The van der Waals surface area contributed by atoms with Crippen molar-refractivity contribution in [3.05, 3.63) is 29.3 Å². The third-order valence-corrected chi connectivity index (χ3v) is 3.90. The number of amides is 1. The van der Waals surface area contributed by atoms with E-state index >= 15 is 0 Å². The van der Waals surface area contributed by atoms with E-state index in [4.69, 9.17) is 5.73 Å². The predicted octanol–water partition coefficient (Wildman–Crippen LogP) is 2.47. The largest absolute Gasteiger partial charge is 0.394 e. The molecule has 3 rings (SSSR count). The average molecular weight is 266 g/mol. The van der Waals surface area contributed by atoms with E-state index in [-0.39, 0.29) is 11.6 Å². The standard InChI is InChI=1S/C14H16F2N2O/c15-10-5-9(6-11(16)12(10)17)14(19)18-13(7-1-2-7)8-3-4-8/h5-8,13H,1-4,17H2,(H,18,19). The summed E-state index contributed by atoms with van der Waals surface area (Å²) in [5.74, 6) is -1.11. The maximum Gasteiger partial charge on any atom is 0.251 e. The summed E-state index contributed by atoms with van der Waals surface area (Å²) in [5, 5.41) is 2.92. The zero-order chi connectivity index (χ0) is 13.6. The lowest BCUT2D eigenvalue weighted by molar-refractivity contribution is 0.0925. The van der Waals surface area contributed by atoms with Gasteiger partial charge in [0, 0.05) is 11.6 Å². The number of benzene rings is 1. The van der Waals surface area contributed by atoms with Crippen LogP contribution >= 0.6 is 0 Å². The van der Waals surface area contributed by atoms with Crippen molar-refractivity contribution >= 4 is 11.6 Å². The quantitative estimate of drug-likeness (QED) is 0.822. The molecular weight excluding hydrogens is 250 g/mol. The molecule has 19 heavy (non-hydrogen) atoms. The normalized spacial score (nSPS) is 18.7. The molecule has 0 aromatic heterocycles. The number of rotatable bonds is 4. The molecule has 2 aliphatic rings. The topological polar surface area (TPSA) is 55.1 Å². The lowest BCUT2D eigenvalue weighted by Crippen LogP contribution is -2.38. The molecule has 5 heteroatoms. The minimum atomic E-state index is -0.889. The third kappa shape index (κ3) is 2.55. The first kappa shape index (κ1) is 12.4. The van der Waals surface area contributed by atoms with E-state index in [9.17, 15) is 13.6 Å². The zero-order valence-corrected chi connectivity index (χ0v) is 10.5. The van der Waals surface area contributed by atoms with E-state index in [1.807, 2.05) is 0 Å². The monoisotopic (exact) mass is 266 g/mol. The van der Waals surface area contributed by atoms with E-state index in [2.05, 4.69) is 5.32 Å². The second-order valence-corrected chi connectivity index (χ2v) is 5.53. The first-order valence-electron chi connectivity index (χ1n) is 6.61. The van der Waals surface area contributed by atoms with Crippen LogP contribution in [0.5, 0.6) is 0 Å². The molecule has 0 unspecified atom stereocenters. The smallest absolute Gasteiger partial charge is 0.251 e. The van der Waals surface area contributed by atoms with Crippen molar-refractivity contribution in [1.82, 2.24) is 5.32 Å². The summed E-state index contributed by atoms with van der Waals surface area (Å²) >= 11 is 0. The summed E-state index contributed by atoms with van der Waals surface area (Å²) in [6.45, 7) is 0. The second-order valence-electron chi connectivity index (χ2n) is 5.53. The Hall–Kier alpha value is -1.65. The van der Waals surface area contributed by atoms with Gasteiger partial charge in [-0.15, -0.1) is 0 Å². The van der Waals surface area contributed by atoms with Gasteiger partial charge in [0.2, 0.25) is 0 Å². The van der Waals surface area contributed by atoms with Gasteiger partial charge in [-0.25, -0.2) is 8.78 Å². The van der Waals surface area contributed by atoms with E-state index < -0.39 is 23.2 Å². The van der Waals surface area contributed by atoms with Crippen LogP contribution in [0.15, 0.2) is 12.1 Å². The molecular formula is C14H16F2N2O. The molecule has 0 saturated heterocycles. The highest BCUT2D eigenvalue weighted by molar-refractivity contribution is 5.94. The van der Waals surface area contributed by atoms with Gasteiger partial charge in [0.05, 0.1) is 0 Å². The Balaban J connectivity index is 1.76. The fourth-order valence-electron chi connectivity index (χ4n) is 2.48. The molecule has 102 valence electrons. The van der Waals surface area contributed by atoms with Gasteiger partial charge in [0.15, 0.2) is 0 Å². The molecule has 1 aromatic carbocycles. The average Bonchev–Trinajstić information content (AvgIpc) is 3.25.